The zero-order valence-electron chi connectivity index (χ0n) is 19.3. The van der Waals surface area contributed by atoms with Crippen molar-refractivity contribution in [1.82, 2.24) is 10.2 Å². The van der Waals surface area contributed by atoms with Gasteiger partial charge in [-0.05, 0) is 67.6 Å². The number of benzene rings is 2. The SMILES string of the molecule is COc1cc(/C=C/C(=O)NCCC2CCN(Cc3ccccc3)CC2)cc(OC)c1OC. The van der Waals surface area contributed by atoms with Gasteiger partial charge in [-0.3, -0.25) is 9.69 Å². The Balaban J connectivity index is 1.41. The number of hydrogen-bond acceptors (Lipinski definition) is 5. The molecule has 6 nitrogen and oxygen atoms in total. The molecule has 0 aromatic heterocycles. The van der Waals surface area contributed by atoms with Gasteiger partial charge in [-0.25, -0.2) is 0 Å². The first kappa shape index (κ1) is 23.7. The maximum absolute atomic E-state index is 12.3. The van der Waals surface area contributed by atoms with Gasteiger partial charge >= 0.3 is 0 Å². The quantitative estimate of drug-likeness (QED) is 0.565. The summed E-state index contributed by atoms with van der Waals surface area (Å²) in [6, 6.07) is 14.3. The highest BCUT2D eigenvalue weighted by molar-refractivity contribution is 5.91. The number of piperidine rings is 1. The molecule has 1 aliphatic rings. The number of carbonyl (C=O) groups is 1. The van der Waals surface area contributed by atoms with Crippen LogP contribution in [0.3, 0.4) is 0 Å². The Morgan fingerprint density at radius 3 is 2.28 bits per heavy atom. The van der Waals surface area contributed by atoms with Gasteiger partial charge in [-0.2, -0.15) is 0 Å². The normalized spacial score (nSPS) is 15.0. The summed E-state index contributed by atoms with van der Waals surface area (Å²) >= 11 is 0. The first-order chi connectivity index (χ1) is 15.6. The van der Waals surface area contributed by atoms with E-state index >= 15 is 0 Å². The van der Waals surface area contributed by atoms with Crippen molar-refractivity contribution >= 4 is 12.0 Å². The molecule has 2 aromatic rings. The summed E-state index contributed by atoms with van der Waals surface area (Å²) < 4.78 is 16.0. The van der Waals surface area contributed by atoms with E-state index in [2.05, 4.69) is 40.5 Å². The number of carbonyl (C=O) groups excluding carboxylic acids is 1. The van der Waals surface area contributed by atoms with E-state index in [1.807, 2.05) is 12.1 Å². The molecule has 32 heavy (non-hydrogen) atoms. The van der Waals surface area contributed by atoms with Crippen molar-refractivity contribution in [2.75, 3.05) is 41.0 Å². The maximum Gasteiger partial charge on any atom is 0.243 e. The highest BCUT2D eigenvalue weighted by Crippen LogP contribution is 2.38. The van der Waals surface area contributed by atoms with E-state index in [1.54, 1.807) is 33.5 Å². The summed E-state index contributed by atoms with van der Waals surface area (Å²) in [5, 5.41) is 3.00. The van der Waals surface area contributed by atoms with Gasteiger partial charge in [0.1, 0.15) is 0 Å². The number of ether oxygens (including phenoxy) is 3. The van der Waals surface area contributed by atoms with Crippen molar-refractivity contribution in [2.45, 2.75) is 25.8 Å². The monoisotopic (exact) mass is 438 g/mol. The molecule has 0 spiro atoms. The van der Waals surface area contributed by atoms with Crippen molar-refractivity contribution < 1.29 is 19.0 Å². The molecule has 2 aromatic carbocycles. The molecule has 0 unspecified atom stereocenters. The molecule has 0 saturated carbocycles. The van der Waals surface area contributed by atoms with Crippen LogP contribution in [0.4, 0.5) is 0 Å². The molecule has 0 radical (unpaired) electrons. The lowest BCUT2D eigenvalue weighted by Gasteiger charge is -2.32. The molecule has 6 heteroatoms. The van der Waals surface area contributed by atoms with E-state index in [4.69, 9.17) is 14.2 Å². The van der Waals surface area contributed by atoms with Gasteiger partial charge in [0.2, 0.25) is 11.7 Å². The van der Waals surface area contributed by atoms with Crippen molar-refractivity contribution in [1.29, 1.82) is 0 Å². The van der Waals surface area contributed by atoms with Gasteiger partial charge in [0.25, 0.3) is 0 Å². The van der Waals surface area contributed by atoms with Gasteiger partial charge in [-0.15, -0.1) is 0 Å². The minimum Gasteiger partial charge on any atom is -0.493 e. The zero-order valence-corrected chi connectivity index (χ0v) is 19.3. The Morgan fingerprint density at radius 1 is 1.03 bits per heavy atom. The minimum atomic E-state index is -0.0970. The van der Waals surface area contributed by atoms with Crippen molar-refractivity contribution in [3.05, 3.63) is 59.7 Å². The van der Waals surface area contributed by atoms with Crippen LogP contribution in [-0.2, 0) is 11.3 Å². The largest absolute Gasteiger partial charge is 0.493 e. The van der Waals surface area contributed by atoms with Crippen molar-refractivity contribution in [2.24, 2.45) is 5.92 Å². The first-order valence-corrected chi connectivity index (χ1v) is 11.1. The van der Waals surface area contributed by atoms with Gasteiger partial charge in [0.05, 0.1) is 21.3 Å². The zero-order chi connectivity index (χ0) is 22.8. The Hall–Kier alpha value is -2.99. The van der Waals surface area contributed by atoms with Crippen LogP contribution in [0.1, 0.15) is 30.4 Å². The summed E-state index contributed by atoms with van der Waals surface area (Å²) in [7, 11) is 4.71. The van der Waals surface area contributed by atoms with E-state index in [9.17, 15) is 4.79 Å². The lowest BCUT2D eigenvalue weighted by atomic mass is 9.93. The second-order valence-corrected chi connectivity index (χ2v) is 8.08. The fourth-order valence-corrected chi connectivity index (χ4v) is 4.10. The molecule has 172 valence electrons. The third-order valence-corrected chi connectivity index (χ3v) is 5.92. The van der Waals surface area contributed by atoms with Crippen LogP contribution in [0, 0.1) is 5.92 Å². The molecule has 0 bridgehead atoms. The lowest BCUT2D eigenvalue weighted by Crippen LogP contribution is -2.34. The maximum atomic E-state index is 12.3. The Kier molecular flexibility index (Phi) is 8.99. The van der Waals surface area contributed by atoms with Gasteiger partial charge in [-0.1, -0.05) is 30.3 Å². The number of nitrogens with one attached hydrogen (secondary N) is 1. The molecule has 0 aliphatic carbocycles. The van der Waals surface area contributed by atoms with Crippen LogP contribution in [0.2, 0.25) is 0 Å². The molecule has 1 aliphatic heterocycles. The van der Waals surface area contributed by atoms with E-state index in [1.165, 1.54) is 18.4 Å². The highest BCUT2D eigenvalue weighted by Gasteiger charge is 2.19. The fourth-order valence-electron chi connectivity index (χ4n) is 4.10. The second-order valence-electron chi connectivity index (χ2n) is 8.08. The Morgan fingerprint density at radius 2 is 1.69 bits per heavy atom. The van der Waals surface area contributed by atoms with E-state index in [-0.39, 0.29) is 5.91 Å². The number of rotatable bonds is 10. The van der Waals surface area contributed by atoms with E-state index in [0.29, 0.717) is 29.7 Å². The van der Waals surface area contributed by atoms with Crippen LogP contribution in [0.15, 0.2) is 48.5 Å². The molecule has 3 rings (SSSR count). The van der Waals surface area contributed by atoms with Crippen LogP contribution < -0.4 is 19.5 Å². The predicted octanol–water partition coefficient (Wildman–Crippen LogP) is 4.14. The molecular formula is C26H34N2O4. The standard InChI is InChI=1S/C26H34N2O4/c1-30-23-17-22(18-24(31-2)26(23)32-3)9-10-25(29)27-14-11-20-12-15-28(16-13-20)19-21-7-5-4-6-8-21/h4-10,17-18,20H,11-16,19H2,1-3H3,(H,27,29)/b10-9+. The molecular weight excluding hydrogens is 404 g/mol. The summed E-state index contributed by atoms with van der Waals surface area (Å²) in [5.74, 6) is 2.23. The van der Waals surface area contributed by atoms with Gasteiger partial charge < -0.3 is 19.5 Å². The third kappa shape index (κ3) is 6.76. The van der Waals surface area contributed by atoms with Gasteiger partial charge in [0.15, 0.2) is 11.5 Å². The molecule has 0 atom stereocenters. The topological polar surface area (TPSA) is 60.0 Å². The first-order valence-electron chi connectivity index (χ1n) is 11.1. The van der Waals surface area contributed by atoms with E-state index < -0.39 is 0 Å². The number of hydrogen-bond donors (Lipinski definition) is 1. The van der Waals surface area contributed by atoms with E-state index in [0.717, 1.165) is 31.6 Å². The molecule has 1 heterocycles. The smallest absolute Gasteiger partial charge is 0.243 e. The molecule has 1 saturated heterocycles. The fraction of sp³-hybridized carbons (Fsp3) is 0.423. The van der Waals surface area contributed by atoms with Crippen LogP contribution in [0.25, 0.3) is 6.08 Å². The minimum absolute atomic E-state index is 0.0970. The van der Waals surface area contributed by atoms with Gasteiger partial charge in [0, 0.05) is 19.2 Å². The van der Waals surface area contributed by atoms with Crippen LogP contribution in [0.5, 0.6) is 17.2 Å². The molecule has 1 fully saturated rings. The average Bonchev–Trinajstić information content (AvgIpc) is 2.83. The summed E-state index contributed by atoms with van der Waals surface area (Å²) in [5.41, 5.74) is 2.18. The van der Waals surface area contributed by atoms with Crippen LogP contribution in [-0.4, -0.2) is 51.8 Å². The number of amides is 1. The third-order valence-electron chi connectivity index (χ3n) is 5.92. The van der Waals surface area contributed by atoms with Crippen molar-refractivity contribution in [3.63, 3.8) is 0 Å². The summed E-state index contributed by atoms with van der Waals surface area (Å²) in [4.78, 5) is 14.8. The second kappa shape index (κ2) is 12.2. The van der Waals surface area contributed by atoms with Crippen molar-refractivity contribution in [3.8, 4) is 17.2 Å². The Labute approximate surface area is 191 Å². The Bertz CT molecular complexity index is 865. The molecule has 1 N–H and O–H groups in total. The number of nitrogens with zero attached hydrogens (tertiary/aromatic N) is 1. The predicted molar refractivity (Wildman–Crippen MR) is 127 cm³/mol. The van der Waals surface area contributed by atoms with Crippen LogP contribution >= 0.6 is 0 Å². The highest BCUT2D eigenvalue weighted by atomic mass is 16.5. The summed E-state index contributed by atoms with van der Waals surface area (Å²) in [6.45, 7) is 3.96. The molecule has 1 amide bonds. The number of methoxy groups -OCH3 is 3. The number of likely N-dealkylation sites (tertiary alicyclic amines) is 1. The lowest BCUT2D eigenvalue weighted by molar-refractivity contribution is -0.116. The summed E-state index contributed by atoms with van der Waals surface area (Å²) in [6.07, 6.45) is 6.68. The average molecular weight is 439 g/mol.